The molecule has 1 unspecified atom stereocenters. The highest BCUT2D eigenvalue weighted by molar-refractivity contribution is 5.36. The maximum absolute atomic E-state index is 9.43. The molecule has 0 heterocycles. The molecule has 0 aliphatic heterocycles. The summed E-state index contributed by atoms with van der Waals surface area (Å²) in [5.74, 6) is -0.166. The molecule has 4 nitrogen and oxygen atoms in total. The lowest BCUT2D eigenvalue weighted by molar-refractivity contribution is 0.111. The second-order valence-electron chi connectivity index (χ2n) is 4.89. The zero-order valence-electron chi connectivity index (χ0n) is 10.6. The van der Waals surface area contributed by atoms with Gasteiger partial charge in [-0.25, -0.2) is 0 Å². The van der Waals surface area contributed by atoms with E-state index in [1.165, 1.54) is 0 Å². The monoisotopic (exact) mass is 240 g/mol. The number of hydrogen-bond acceptors (Lipinski definition) is 4. The lowest BCUT2D eigenvalue weighted by Crippen LogP contribution is -2.47. The van der Waals surface area contributed by atoms with Gasteiger partial charge in [-0.1, -0.05) is 26.2 Å². The van der Waals surface area contributed by atoms with Crippen molar-refractivity contribution in [2.75, 3.05) is 0 Å². The normalized spacial score (nSPS) is 23.9. The van der Waals surface area contributed by atoms with E-state index in [1.54, 1.807) is 0 Å². The van der Waals surface area contributed by atoms with Gasteiger partial charge >= 0.3 is 0 Å². The molecule has 0 aromatic carbocycles. The Bertz CT molecular complexity index is 438. The Morgan fingerprint density at radius 3 is 2.11 bits per heavy atom. The van der Waals surface area contributed by atoms with Crippen molar-refractivity contribution in [2.24, 2.45) is 16.7 Å². The molecule has 1 atom stereocenters. The Kier molecular flexibility index (Phi) is 4.31. The zero-order valence-corrected chi connectivity index (χ0v) is 10.6. The van der Waals surface area contributed by atoms with Gasteiger partial charge in [0, 0.05) is 0 Å². The lowest BCUT2D eigenvalue weighted by atomic mass is 9.53. The lowest BCUT2D eigenvalue weighted by Gasteiger charge is -2.41. The van der Waals surface area contributed by atoms with E-state index in [2.05, 4.69) is 0 Å². The van der Waals surface area contributed by atoms with Crippen molar-refractivity contribution in [2.45, 2.75) is 45.4 Å². The summed E-state index contributed by atoms with van der Waals surface area (Å²) in [6.07, 6.45) is 4.46. The van der Waals surface area contributed by atoms with E-state index >= 15 is 0 Å². The molecule has 1 aliphatic carbocycles. The summed E-state index contributed by atoms with van der Waals surface area (Å²) in [6.45, 7) is 2.05. The van der Waals surface area contributed by atoms with E-state index in [-0.39, 0.29) is 5.92 Å². The highest BCUT2D eigenvalue weighted by Gasteiger charge is 2.60. The van der Waals surface area contributed by atoms with Crippen LogP contribution in [0, 0.1) is 62.1 Å². The minimum atomic E-state index is -1.47. The summed E-state index contributed by atoms with van der Waals surface area (Å²) in [6, 6.07) is 7.95. The van der Waals surface area contributed by atoms with Gasteiger partial charge < -0.3 is 0 Å². The van der Waals surface area contributed by atoms with Crippen LogP contribution in [-0.4, -0.2) is 0 Å². The molecule has 0 N–H and O–H groups in total. The molecular formula is C14H16N4. The van der Waals surface area contributed by atoms with Crippen molar-refractivity contribution in [1.29, 1.82) is 21.0 Å². The first-order valence-corrected chi connectivity index (χ1v) is 6.31. The van der Waals surface area contributed by atoms with E-state index in [0.29, 0.717) is 6.42 Å². The van der Waals surface area contributed by atoms with Gasteiger partial charge in [0.1, 0.15) is 0 Å². The van der Waals surface area contributed by atoms with Crippen LogP contribution < -0.4 is 0 Å². The van der Waals surface area contributed by atoms with Crippen molar-refractivity contribution >= 4 is 0 Å². The van der Waals surface area contributed by atoms with Gasteiger partial charge in [0.25, 0.3) is 0 Å². The first-order chi connectivity index (χ1) is 8.66. The minimum absolute atomic E-state index is 0.166. The van der Waals surface area contributed by atoms with Crippen LogP contribution in [0.1, 0.15) is 45.4 Å². The third kappa shape index (κ3) is 1.81. The predicted molar refractivity (Wildman–Crippen MR) is 64.2 cm³/mol. The van der Waals surface area contributed by atoms with Gasteiger partial charge in [0.05, 0.1) is 24.3 Å². The molecular weight excluding hydrogens is 224 g/mol. The molecule has 0 amide bonds. The van der Waals surface area contributed by atoms with Crippen LogP contribution in [0.2, 0.25) is 0 Å². The summed E-state index contributed by atoms with van der Waals surface area (Å²) in [5, 5.41) is 37.5. The number of unbranched alkanes of at least 4 members (excludes halogenated alkanes) is 1. The van der Waals surface area contributed by atoms with Crippen LogP contribution in [0.15, 0.2) is 0 Å². The average Bonchev–Trinajstić information content (AvgIpc) is 2.44. The molecule has 0 saturated heterocycles. The summed E-state index contributed by atoms with van der Waals surface area (Å²) < 4.78 is 0. The Labute approximate surface area is 108 Å². The van der Waals surface area contributed by atoms with Crippen molar-refractivity contribution in [3.63, 3.8) is 0 Å². The van der Waals surface area contributed by atoms with E-state index in [0.717, 1.165) is 32.1 Å². The summed E-state index contributed by atoms with van der Waals surface area (Å²) in [4.78, 5) is 0. The van der Waals surface area contributed by atoms with Gasteiger partial charge in [-0.05, 0) is 25.2 Å². The third-order valence-corrected chi connectivity index (χ3v) is 4.03. The van der Waals surface area contributed by atoms with Crippen LogP contribution in [0.25, 0.3) is 0 Å². The van der Waals surface area contributed by atoms with Crippen molar-refractivity contribution in [3.05, 3.63) is 0 Å². The number of hydrogen-bond donors (Lipinski definition) is 0. The van der Waals surface area contributed by atoms with Gasteiger partial charge in [0.2, 0.25) is 0 Å². The van der Waals surface area contributed by atoms with Crippen LogP contribution in [0.5, 0.6) is 0 Å². The highest BCUT2D eigenvalue weighted by atomic mass is 14.6. The minimum Gasteiger partial charge on any atom is -0.196 e. The Hall–Kier alpha value is -2.04. The van der Waals surface area contributed by atoms with Crippen molar-refractivity contribution in [3.8, 4) is 24.3 Å². The molecule has 1 rings (SSSR count). The maximum atomic E-state index is 9.43. The van der Waals surface area contributed by atoms with E-state index in [1.807, 2.05) is 31.2 Å². The molecule has 18 heavy (non-hydrogen) atoms. The van der Waals surface area contributed by atoms with Gasteiger partial charge in [0.15, 0.2) is 10.8 Å². The SMILES string of the molecule is CCCCC1CCCC(C#N)(C#N)C1(C#N)C#N. The zero-order chi connectivity index (χ0) is 13.6. The molecule has 4 heteroatoms. The van der Waals surface area contributed by atoms with Crippen LogP contribution in [0.3, 0.4) is 0 Å². The highest BCUT2D eigenvalue weighted by Crippen LogP contribution is 2.54. The molecule has 0 spiro atoms. The standard InChI is InChI=1S/C14H16N4/c1-2-3-5-12-6-4-7-13(8-15,9-16)14(12,10-17)11-18/h12H,2-7H2,1H3. The van der Waals surface area contributed by atoms with Gasteiger partial charge in [-0.2, -0.15) is 21.0 Å². The van der Waals surface area contributed by atoms with Crippen molar-refractivity contribution < 1.29 is 0 Å². The fourth-order valence-corrected chi connectivity index (χ4v) is 2.90. The number of nitrogens with zero attached hydrogens (tertiary/aromatic N) is 4. The van der Waals surface area contributed by atoms with Gasteiger partial charge in [-0.3, -0.25) is 0 Å². The van der Waals surface area contributed by atoms with E-state index in [4.69, 9.17) is 0 Å². The van der Waals surface area contributed by atoms with E-state index < -0.39 is 10.8 Å². The Morgan fingerprint density at radius 2 is 1.67 bits per heavy atom. The van der Waals surface area contributed by atoms with E-state index in [9.17, 15) is 21.0 Å². The van der Waals surface area contributed by atoms with Crippen LogP contribution >= 0.6 is 0 Å². The van der Waals surface area contributed by atoms with Crippen molar-refractivity contribution in [1.82, 2.24) is 0 Å². The summed E-state index contributed by atoms with van der Waals surface area (Å²) in [7, 11) is 0. The Morgan fingerprint density at radius 1 is 1.06 bits per heavy atom. The molecule has 0 bridgehead atoms. The fraction of sp³-hybridized carbons (Fsp3) is 0.714. The first kappa shape index (κ1) is 14.0. The molecule has 1 fully saturated rings. The smallest absolute Gasteiger partial charge is 0.178 e. The fourth-order valence-electron chi connectivity index (χ4n) is 2.90. The number of rotatable bonds is 3. The molecule has 92 valence electrons. The molecule has 1 aliphatic rings. The quantitative estimate of drug-likeness (QED) is 0.757. The second-order valence-corrected chi connectivity index (χ2v) is 4.89. The van der Waals surface area contributed by atoms with Gasteiger partial charge in [-0.15, -0.1) is 0 Å². The molecule has 0 aromatic heterocycles. The summed E-state index contributed by atoms with van der Waals surface area (Å²) >= 11 is 0. The van der Waals surface area contributed by atoms with Crippen LogP contribution in [-0.2, 0) is 0 Å². The summed E-state index contributed by atoms with van der Waals surface area (Å²) in [5.41, 5.74) is -2.93. The van der Waals surface area contributed by atoms with Crippen LogP contribution in [0.4, 0.5) is 0 Å². The molecule has 0 radical (unpaired) electrons. The first-order valence-electron chi connectivity index (χ1n) is 6.31. The predicted octanol–water partition coefficient (Wildman–Crippen LogP) is 3.04. The number of nitriles is 4. The second kappa shape index (κ2) is 5.53. The topological polar surface area (TPSA) is 95.2 Å². The Balaban J connectivity index is 3.25. The average molecular weight is 240 g/mol. The third-order valence-electron chi connectivity index (χ3n) is 4.03. The molecule has 0 aromatic rings. The molecule has 1 saturated carbocycles. The maximum Gasteiger partial charge on any atom is 0.178 e. The largest absolute Gasteiger partial charge is 0.196 e.